The van der Waals surface area contributed by atoms with Gasteiger partial charge in [0, 0.05) is 13.1 Å². The monoisotopic (exact) mass is 223 g/mol. The van der Waals surface area contributed by atoms with E-state index in [1.54, 1.807) is 0 Å². The Balaban J connectivity index is 1.86. The second kappa shape index (κ2) is 4.96. The molecule has 2 heterocycles. The first-order chi connectivity index (χ1) is 7.77. The number of carbonyl (C=O) groups is 1. The van der Waals surface area contributed by atoms with E-state index in [1.165, 1.54) is 12.7 Å². The minimum atomic E-state index is -0.128. The van der Waals surface area contributed by atoms with Crippen LogP contribution in [0.15, 0.2) is 6.33 Å². The van der Waals surface area contributed by atoms with Gasteiger partial charge in [-0.3, -0.25) is 5.10 Å². The Morgan fingerprint density at radius 3 is 2.88 bits per heavy atom. The molecular weight excluding hydrogens is 206 g/mol. The van der Waals surface area contributed by atoms with Gasteiger partial charge in [0.05, 0.1) is 6.04 Å². The lowest BCUT2D eigenvalue weighted by Crippen LogP contribution is -2.43. The Hall–Kier alpha value is -1.59. The van der Waals surface area contributed by atoms with Crippen molar-refractivity contribution in [3.63, 3.8) is 0 Å². The van der Waals surface area contributed by atoms with Gasteiger partial charge in [0.25, 0.3) is 0 Å². The topological polar surface area (TPSA) is 73.9 Å². The second-order valence-electron chi connectivity index (χ2n) is 4.09. The van der Waals surface area contributed by atoms with Gasteiger partial charge in [0.2, 0.25) is 0 Å². The Morgan fingerprint density at radius 1 is 1.50 bits per heavy atom. The molecule has 1 atom stereocenters. The lowest BCUT2D eigenvalue weighted by atomic mass is 10.1. The fourth-order valence-electron chi connectivity index (χ4n) is 1.87. The zero-order valence-corrected chi connectivity index (χ0v) is 9.44. The highest BCUT2D eigenvalue weighted by atomic mass is 16.2. The Bertz CT molecular complexity index is 331. The fraction of sp³-hybridized carbons (Fsp3) is 0.700. The van der Waals surface area contributed by atoms with E-state index >= 15 is 0 Å². The zero-order chi connectivity index (χ0) is 11.4. The Morgan fingerprint density at radius 2 is 2.25 bits per heavy atom. The Kier molecular flexibility index (Phi) is 3.38. The predicted molar refractivity (Wildman–Crippen MR) is 58.8 cm³/mol. The van der Waals surface area contributed by atoms with Gasteiger partial charge in [-0.05, 0) is 26.2 Å². The van der Waals surface area contributed by atoms with Crippen molar-refractivity contribution in [3.05, 3.63) is 12.2 Å². The number of amides is 2. The van der Waals surface area contributed by atoms with Crippen molar-refractivity contribution in [2.45, 2.75) is 32.2 Å². The average Bonchev–Trinajstić information content (AvgIpc) is 2.83. The van der Waals surface area contributed by atoms with Gasteiger partial charge >= 0.3 is 6.03 Å². The number of hydrogen-bond donors (Lipinski definition) is 2. The van der Waals surface area contributed by atoms with E-state index in [0.29, 0.717) is 5.82 Å². The molecule has 1 aromatic heterocycles. The van der Waals surface area contributed by atoms with Crippen molar-refractivity contribution in [1.29, 1.82) is 0 Å². The number of hydrogen-bond acceptors (Lipinski definition) is 3. The first kappa shape index (κ1) is 10.9. The largest absolute Gasteiger partial charge is 0.328 e. The molecule has 1 saturated heterocycles. The minimum absolute atomic E-state index is 0.0106. The van der Waals surface area contributed by atoms with Crippen LogP contribution in [-0.4, -0.2) is 39.2 Å². The summed E-state index contributed by atoms with van der Waals surface area (Å²) in [5.41, 5.74) is 0. The van der Waals surface area contributed by atoms with Crippen molar-refractivity contribution in [1.82, 2.24) is 25.4 Å². The highest BCUT2D eigenvalue weighted by Crippen LogP contribution is 2.10. The molecule has 0 aliphatic carbocycles. The highest BCUT2D eigenvalue weighted by molar-refractivity contribution is 5.74. The molecular formula is C10H17N5O. The summed E-state index contributed by atoms with van der Waals surface area (Å²) in [5.74, 6) is 0.686. The summed E-state index contributed by atoms with van der Waals surface area (Å²) in [6.07, 6.45) is 4.87. The number of nitrogens with one attached hydrogen (secondary N) is 2. The third-order valence-electron chi connectivity index (χ3n) is 2.83. The molecule has 1 aromatic rings. The van der Waals surface area contributed by atoms with Crippen LogP contribution in [-0.2, 0) is 0 Å². The molecule has 0 spiro atoms. The molecule has 0 aromatic carbocycles. The highest BCUT2D eigenvalue weighted by Gasteiger charge is 2.19. The SMILES string of the molecule is CC(NC(=O)N1CCCCC1)c1ncn[nH]1. The molecule has 2 N–H and O–H groups in total. The maximum absolute atomic E-state index is 11.9. The summed E-state index contributed by atoms with van der Waals surface area (Å²) in [6.45, 7) is 3.60. The van der Waals surface area contributed by atoms with Crippen molar-refractivity contribution in [2.75, 3.05) is 13.1 Å². The lowest BCUT2D eigenvalue weighted by molar-refractivity contribution is 0.183. The molecule has 1 fully saturated rings. The molecule has 6 nitrogen and oxygen atoms in total. The molecule has 6 heteroatoms. The van der Waals surface area contributed by atoms with Crippen LogP contribution in [0, 0.1) is 0 Å². The van der Waals surface area contributed by atoms with E-state index in [1.807, 2.05) is 11.8 Å². The number of nitrogens with zero attached hydrogens (tertiary/aromatic N) is 3. The first-order valence-corrected chi connectivity index (χ1v) is 5.68. The van der Waals surface area contributed by atoms with E-state index < -0.39 is 0 Å². The number of rotatable bonds is 2. The minimum Gasteiger partial charge on any atom is -0.328 e. The number of aromatic amines is 1. The third kappa shape index (κ3) is 2.50. The maximum atomic E-state index is 11.9. The quantitative estimate of drug-likeness (QED) is 0.787. The van der Waals surface area contributed by atoms with Crippen LogP contribution in [0.1, 0.15) is 38.1 Å². The predicted octanol–water partition coefficient (Wildman–Crippen LogP) is 1.06. The molecule has 88 valence electrons. The average molecular weight is 223 g/mol. The van der Waals surface area contributed by atoms with Gasteiger partial charge in [-0.15, -0.1) is 0 Å². The molecule has 16 heavy (non-hydrogen) atoms. The molecule has 0 radical (unpaired) electrons. The van der Waals surface area contributed by atoms with Crippen LogP contribution in [0.3, 0.4) is 0 Å². The van der Waals surface area contributed by atoms with E-state index in [2.05, 4.69) is 20.5 Å². The van der Waals surface area contributed by atoms with E-state index in [-0.39, 0.29) is 12.1 Å². The van der Waals surface area contributed by atoms with Crippen LogP contribution < -0.4 is 5.32 Å². The summed E-state index contributed by atoms with van der Waals surface area (Å²) in [7, 11) is 0. The van der Waals surface area contributed by atoms with Gasteiger partial charge in [0.1, 0.15) is 12.2 Å². The van der Waals surface area contributed by atoms with Crippen LogP contribution in [0.5, 0.6) is 0 Å². The smallest absolute Gasteiger partial charge is 0.317 e. The summed E-state index contributed by atoms with van der Waals surface area (Å²) >= 11 is 0. The fourth-order valence-corrected chi connectivity index (χ4v) is 1.87. The third-order valence-corrected chi connectivity index (χ3v) is 2.83. The molecule has 1 aliphatic rings. The number of likely N-dealkylation sites (tertiary alicyclic amines) is 1. The van der Waals surface area contributed by atoms with Crippen LogP contribution in [0.2, 0.25) is 0 Å². The van der Waals surface area contributed by atoms with Crippen molar-refractivity contribution in [2.24, 2.45) is 0 Å². The molecule has 2 amide bonds. The second-order valence-corrected chi connectivity index (χ2v) is 4.09. The van der Waals surface area contributed by atoms with Gasteiger partial charge in [0.15, 0.2) is 0 Å². The molecule has 1 unspecified atom stereocenters. The summed E-state index contributed by atoms with van der Waals surface area (Å²) < 4.78 is 0. The molecule has 1 aliphatic heterocycles. The van der Waals surface area contributed by atoms with E-state index in [4.69, 9.17) is 0 Å². The van der Waals surface area contributed by atoms with E-state index in [0.717, 1.165) is 25.9 Å². The summed E-state index contributed by atoms with van der Waals surface area (Å²) in [5, 5.41) is 9.42. The number of carbonyl (C=O) groups excluding carboxylic acids is 1. The Labute approximate surface area is 94.4 Å². The number of piperidine rings is 1. The number of H-pyrrole nitrogens is 1. The van der Waals surface area contributed by atoms with Gasteiger partial charge in [-0.2, -0.15) is 5.10 Å². The number of aromatic nitrogens is 3. The summed E-state index contributed by atoms with van der Waals surface area (Å²) in [6, 6.07) is -0.138. The first-order valence-electron chi connectivity index (χ1n) is 5.68. The maximum Gasteiger partial charge on any atom is 0.317 e. The normalized spacial score (nSPS) is 18.2. The van der Waals surface area contributed by atoms with Crippen LogP contribution >= 0.6 is 0 Å². The summed E-state index contributed by atoms with van der Waals surface area (Å²) in [4.78, 5) is 17.7. The lowest BCUT2D eigenvalue weighted by Gasteiger charge is -2.27. The zero-order valence-electron chi connectivity index (χ0n) is 9.44. The van der Waals surface area contributed by atoms with Crippen molar-refractivity contribution < 1.29 is 4.79 Å². The van der Waals surface area contributed by atoms with Gasteiger partial charge in [-0.1, -0.05) is 0 Å². The van der Waals surface area contributed by atoms with Crippen LogP contribution in [0.25, 0.3) is 0 Å². The van der Waals surface area contributed by atoms with Crippen molar-refractivity contribution in [3.8, 4) is 0 Å². The molecule has 0 bridgehead atoms. The van der Waals surface area contributed by atoms with Crippen molar-refractivity contribution >= 4 is 6.03 Å². The van der Waals surface area contributed by atoms with Crippen LogP contribution in [0.4, 0.5) is 4.79 Å². The molecule has 0 saturated carbocycles. The molecule has 2 rings (SSSR count). The van der Waals surface area contributed by atoms with Gasteiger partial charge in [-0.25, -0.2) is 9.78 Å². The van der Waals surface area contributed by atoms with Gasteiger partial charge < -0.3 is 10.2 Å². The van der Waals surface area contributed by atoms with E-state index in [9.17, 15) is 4.79 Å². The number of urea groups is 1. The standard InChI is InChI=1S/C10H17N5O/c1-8(9-11-7-12-14-9)13-10(16)15-5-3-2-4-6-15/h7-8H,2-6H2,1H3,(H,13,16)(H,11,12,14).